The molecule has 0 bridgehead atoms. The topological polar surface area (TPSA) is 106 Å². The lowest BCUT2D eigenvalue weighted by atomic mass is 10.0. The van der Waals surface area contributed by atoms with E-state index in [9.17, 15) is 14.2 Å². The van der Waals surface area contributed by atoms with Crippen LogP contribution in [0.2, 0.25) is 0 Å². The van der Waals surface area contributed by atoms with E-state index in [1.54, 1.807) is 7.05 Å². The molecule has 0 aliphatic carbocycles. The van der Waals surface area contributed by atoms with Gasteiger partial charge in [0.25, 0.3) is 0 Å². The van der Waals surface area contributed by atoms with E-state index in [1.165, 1.54) is 0 Å². The van der Waals surface area contributed by atoms with Gasteiger partial charge in [-0.15, -0.1) is 0 Å². The first kappa shape index (κ1) is 33.2. The van der Waals surface area contributed by atoms with Crippen LogP contribution in [0.25, 0.3) is 0 Å². The quantitative estimate of drug-likeness (QED) is 0.170. The molecule has 0 fully saturated rings. The molecule has 3 N–H and O–H groups in total. The molecule has 0 heterocycles. The van der Waals surface area contributed by atoms with Crippen molar-refractivity contribution in [2.24, 2.45) is 5.92 Å². The van der Waals surface area contributed by atoms with Gasteiger partial charge in [0, 0.05) is 13.5 Å². The van der Waals surface area contributed by atoms with E-state index in [4.69, 9.17) is 9.05 Å². The average molecular weight is 594 g/mol. The van der Waals surface area contributed by atoms with Crippen LogP contribution in [0, 0.1) is 5.92 Å². The number of nitrogens with one attached hydrogen (secondary N) is 3. The van der Waals surface area contributed by atoms with Crippen molar-refractivity contribution >= 4 is 19.4 Å². The smallest absolute Gasteiger partial charge is 0.348 e. The van der Waals surface area contributed by atoms with Crippen molar-refractivity contribution in [1.82, 2.24) is 16.0 Å². The third kappa shape index (κ3) is 10.5. The fourth-order valence-electron chi connectivity index (χ4n) is 4.59. The highest BCUT2D eigenvalue weighted by atomic mass is 31.2. The van der Waals surface area contributed by atoms with Crippen molar-refractivity contribution < 1.29 is 23.2 Å². The normalized spacial score (nSPS) is 13.7. The van der Waals surface area contributed by atoms with Crippen LogP contribution in [0.15, 0.2) is 91.0 Å². The van der Waals surface area contributed by atoms with Crippen molar-refractivity contribution in [2.75, 3.05) is 7.05 Å². The minimum atomic E-state index is -3.78. The predicted molar refractivity (Wildman–Crippen MR) is 167 cm³/mol. The maximum absolute atomic E-state index is 14.5. The van der Waals surface area contributed by atoms with Crippen LogP contribution in [-0.2, 0) is 42.8 Å². The van der Waals surface area contributed by atoms with E-state index < -0.39 is 25.5 Å². The lowest BCUT2D eigenvalue weighted by Gasteiger charge is -2.31. The van der Waals surface area contributed by atoms with Crippen molar-refractivity contribution in [3.05, 3.63) is 108 Å². The highest BCUT2D eigenvalue weighted by Crippen LogP contribution is 2.54. The van der Waals surface area contributed by atoms with Gasteiger partial charge in [-0.1, -0.05) is 112 Å². The largest absolute Gasteiger partial charge is 0.357 e. The average Bonchev–Trinajstić information content (AvgIpc) is 3.01. The standard InChI is InChI=1S/C33H44N3O5P/c1-5-31(42(39,40-23-27-17-11-7-12-18-27)41-24-28-19-13-8-14-20-28)35-29(21-25(2)3)33(38)36-30(32(37)34-4)22-26-15-9-6-10-16-26/h6-20,25,29-31,35H,5,21-24H2,1-4H3,(H,34,37)(H,36,38)/t29-,30-,31-/m0/s1. The van der Waals surface area contributed by atoms with Crippen molar-refractivity contribution in [3.8, 4) is 0 Å². The summed E-state index contributed by atoms with van der Waals surface area (Å²) in [5.74, 6) is -1.24. The zero-order valence-corrected chi connectivity index (χ0v) is 25.9. The molecule has 3 aromatic carbocycles. The Morgan fingerprint density at radius 3 is 1.64 bits per heavy atom. The van der Waals surface area contributed by atoms with E-state index in [1.807, 2.05) is 112 Å². The van der Waals surface area contributed by atoms with E-state index in [2.05, 4.69) is 16.0 Å². The minimum Gasteiger partial charge on any atom is -0.357 e. The molecule has 2 amide bonds. The number of hydrogen-bond acceptors (Lipinski definition) is 6. The molecule has 0 radical (unpaired) electrons. The van der Waals surface area contributed by atoms with Gasteiger partial charge in [0.05, 0.1) is 19.3 Å². The van der Waals surface area contributed by atoms with Crippen molar-refractivity contribution in [1.29, 1.82) is 0 Å². The summed E-state index contributed by atoms with van der Waals surface area (Å²) in [4.78, 5) is 26.5. The third-order valence-electron chi connectivity index (χ3n) is 6.86. The Labute approximate surface area is 250 Å². The maximum Gasteiger partial charge on any atom is 0.348 e. The van der Waals surface area contributed by atoms with Crippen LogP contribution < -0.4 is 16.0 Å². The van der Waals surface area contributed by atoms with Crippen molar-refractivity contribution in [3.63, 3.8) is 0 Å². The lowest BCUT2D eigenvalue weighted by Crippen LogP contribution is -2.55. The lowest BCUT2D eigenvalue weighted by molar-refractivity contribution is -0.130. The number of rotatable bonds is 17. The minimum absolute atomic E-state index is 0.0992. The highest BCUT2D eigenvalue weighted by Gasteiger charge is 2.38. The van der Waals surface area contributed by atoms with Gasteiger partial charge in [-0.3, -0.25) is 19.5 Å². The summed E-state index contributed by atoms with van der Waals surface area (Å²) in [6.07, 6.45) is 1.20. The number of benzene rings is 3. The summed E-state index contributed by atoms with van der Waals surface area (Å²) >= 11 is 0. The maximum atomic E-state index is 14.5. The fourth-order valence-corrected chi connectivity index (χ4v) is 6.49. The van der Waals surface area contributed by atoms with E-state index >= 15 is 0 Å². The van der Waals surface area contributed by atoms with Gasteiger partial charge in [-0.25, -0.2) is 0 Å². The Morgan fingerprint density at radius 2 is 1.21 bits per heavy atom. The first-order chi connectivity index (χ1) is 20.2. The molecule has 3 aromatic rings. The van der Waals surface area contributed by atoms with Gasteiger partial charge >= 0.3 is 7.60 Å². The molecular weight excluding hydrogens is 549 g/mol. The molecule has 42 heavy (non-hydrogen) atoms. The summed E-state index contributed by atoms with van der Waals surface area (Å²) in [6, 6.07) is 27.0. The molecule has 0 spiro atoms. The van der Waals surface area contributed by atoms with Gasteiger partial charge in [0.2, 0.25) is 11.8 Å². The molecule has 0 unspecified atom stereocenters. The number of carbonyl (C=O) groups is 2. The molecule has 8 nitrogen and oxygen atoms in total. The third-order valence-corrected chi connectivity index (χ3v) is 9.11. The molecule has 0 saturated carbocycles. The summed E-state index contributed by atoms with van der Waals surface area (Å²) < 4.78 is 26.6. The summed E-state index contributed by atoms with van der Waals surface area (Å²) in [5.41, 5.74) is 2.66. The van der Waals surface area contributed by atoms with E-state index in [0.29, 0.717) is 19.3 Å². The zero-order valence-electron chi connectivity index (χ0n) is 25.0. The summed E-state index contributed by atoms with van der Waals surface area (Å²) in [7, 11) is -2.23. The van der Waals surface area contributed by atoms with Gasteiger partial charge in [-0.2, -0.15) is 0 Å². The van der Waals surface area contributed by atoms with Gasteiger partial charge < -0.3 is 19.7 Å². The second-order valence-electron chi connectivity index (χ2n) is 10.7. The highest BCUT2D eigenvalue weighted by molar-refractivity contribution is 7.54. The van der Waals surface area contributed by atoms with Crippen LogP contribution in [0.4, 0.5) is 0 Å². The SMILES string of the molecule is CC[C@@H](N[C@@H](CC(C)C)C(=O)N[C@@H](Cc1ccccc1)C(=O)NC)P(=O)(OCc1ccccc1)OCc1ccccc1. The van der Waals surface area contributed by atoms with Crippen LogP contribution in [0.3, 0.4) is 0 Å². The first-order valence-electron chi connectivity index (χ1n) is 14.5. The second kappa shape index (κ2) is 17.0. The van der Waals surface area contributed by atoms with Gasteiger partial charge in [-0.05, 0) is 35.4 Å². The molecule has 3 atom stereocenters. The zero-order chi connectivity index (χ0) is 30.4. The molecule has 0 saturated heterocycles. The Morgan fingerprint density at radius 1 is 0.738 bits per heavy atom. The summed E-state index contributed by atoms with van der Waals surface area (Å²) in [5, 5.41) is 8.90. The monoisotopic (exact) mass is 593 g/mol. The molecule has 0 aliphatic heterocycles. The molecule has 3 rings (SSSR count). The Hall–Kier alpha value is -3.29. The van der Waals surface area contributed by atoms with Gasteiger partial charge in [0.15, 0.2) is 0 Å². The summed E-state index contributed by atoms with van der Waals surface area (Å²) in [6.45, 7) is 6.11. The van der Waals surface area contributed by atoms with Crippen LogP contribution in [0.1, 0.15) is 50.3 Å². The Bertz CT molecular complexity index is 1230. The number of likely N-dealkylation sites (N-methyl/N-ethyl adjacent to an activating group) is 1. The van der Waals surface area contributed by atoms with Crippen LogP contribution in [0.5, 0.6) is 0 Å². The molecular formula is C33H44N3O5P. The molecule has 226 valence electrons. The number of hydrogen-bond donors (Lipinski definition) is 3. The Balaban J connectivity index is 1.83. The van der Waals surface area contributed by atoms with E-state index in [0.717, 1.165) is 16.7 Å². The van der Waals surface area contributed by atoms with Crippen LogP contribution >= 0.6 is 7.60 Å². The van der Waals surface area contributed by atoms with Crippen LogP contribution in [-0.4, -0.2) is 36.7 Å². The predicted octanol–water partition coefficient (Wildman–Crippen LogP) is 5.83. The van der Waals surface area contributed by atoms with E-state index in [-0.39, 0.29) is 30.9 Å². The fraction of sp³-hybridized carbons (Fsp3) is 0.394. The van der Waals surface area contributed by atoms with Crippen molar-refractivity contribution in [2.45, 2.75) is 71.1 Å². The molecule has 9 heteroatoms. The molecule has 0 aromatic heterocycles. The number of amides is 2. The molecule has 0 aliphatic rings. The number of carbonyl (C=O) groups excluding carboxylic acids is 2. The second-order valence-corrected chi connectivity index (χ2v) is 12.9. The first-order valence-corrected chi connectivity index (χ1v) is 16.1. The van der Waals surface area contributed by atoms with Gasteiger partial charge in [0.1, 0.15) is 11.8 Å². The Kier molecular flexibility index (Phi) is 13.4.